The van der Waals surface area contributed by atoms with Gasteiger partial charge in [0, 0.05) is 30.2 Å². The summed E-state index contributed by atoms with van der Waals surface area (Å²) in [6.45, 7) is 5.86. The second kappa shape index (κ2) is 12.5. The quantitative estimate of drug-likeness (QED) is 0.184. The molecule has 2 aromatic carbocycles. The maximum atomic E-state index is 10.6. The largest absolute Gasteiger partial charge is 0.493 e. The molecule has 8 heteroatoms. The summed E-state index contributed by atoms with van der Waals surface area (Å²) in [7, 11) is 3.17. The summed E-state index contributed by atoms with van der Waals surface area (Å²) in [5.41, 5.74) is 4.44. The van der Waals surface area contributed by atoms with E-state index in [2.05, 4.69) is 51.9 Å². The van der Waals surface area contributed by atoms with Crippen LogP contribution in [0.5, 0.6) is 11.5 Å². The van der Waals surface area contributed by atoms with Crippen molar-refractivity contribution < 1.29 is 14.6 Å². The number of halogens is 1. The number of hydrogen-bond donors (Lipinski definition) is 4. The van der Waals surface area contributed by atoms with Crippen LogP contribution in [0.25, 0.3) is 10.9 Å². The topological polar surface area (TPSA) is 90.9 Å². The van der Waals surface area contributed by atoms with E-state index >= 15 is 0 Å². The van der Waals surface area contributed by atoms with E-state index < -0.39 is 6.10 Å². The van der Waals surface area contributed by atoms with Gasteiger partial charge in [-0.05, 0) is 55.2 Å². The number of nitrogens with one attached hydrogen (secondary N) is 3. The number of ether oxygens (including phenoxy) is 2. The molecular weight excluding hydrogens is 519 g/mol. The molecule has 0 saturated carbocycles. The van der Waals surface area contributed by atoms with E-state index in [9.17, 15) is 5.11 Å². The molecule has 3 rings (SSSR count). The predicted molar refractivity (Wildman–Crippen MR) is 141 cm³/mol. The Morgan fingerprint density at radius 1 is 1.12 bits per heavy atom. The third-order valence-electron chi connectivity index (χ3n) is 5.24. The molecule has 0 amide bonds. The van der Waals surface area contributed by atoms with E-state index in [1.165, 1.54) is 16.5 Å². The average molecular weight is 552 g/mol. The Balaban J connectivity index is 0.00000363. The smallest absolute Gasteiger partial charge is 0.191 e. The predicted octanol–water partition coefficient (Wildman–Crippen LogP) is 3.94. The monoisotopic (exact) mass is 552 g/mol. The number of hydrogen-bond acceptors (Lipinski definition) is 4. The van der Waals surface area contributed by atoms with E-state index in [0.717, 1.165) is 30.6 Å². The molecule has 1 aromatic heterocycles. The standard InChI is InChI=1S/C24H32N4O3.HI/c1-5-25-24(26-12-11-18-14-27-19-8-6-7-16(2)23(18)19)28-15-20(29)17-9-10-21(30-3)22(13-17)31-4;/h6-10,13-14,20,27,29H,5,11-12,15H2,1-4H3,(H2,25,26,28);1H. The van der Waals surface area contributed by atoms with Crippen molar-refractivity contribution in [1.82, 2.24) is 15.6 Å². The van der Waals surface area contributed by atoms with E-state index in [1.807, 2.05) is 13.0 Å². The summed E-state index contributed by atoms with van der Waals surface area (Å²) in [6, 6.07) is 11.7. The Hall–Kier alpha value is -2.46. The van der Waals surface area contributed by atoms with Gasteiger partial charge < -0.3 is 30.2 Å². The van der Waals surface area contributed by atoms with Gasteiger partial charge in [0.05, 0.1) is 26.9 Å². The van der Waals surface area contributed by atoms with E-state index in [4.69, 9.17) is 9.47 Å². The fourth-order valence-electron chi connectivity index (χ4n) is 3.65. The number of H-pyrrole nitrogens is 1. The fourth-order valence-corrected chi connectivity index (χ4v) is 3.65. The third kappa shape index (κ3) is 6.29. The molecule has 0 aliphatic rings. The normalized spacial score (nSPS) is 12.2. The minimum absolute atomic E-state index is 0. The van der Waals surface area contributed by atoms with Crippen molar-refractivity contribution in [1.29, 1.82) is 0 Å². The van der Waals surface area contributed by atoms with Gasteiger partial charge in [0.2, 0.25) is 0 Å². The highest BCUT2D eigenvalue weighted by Gasteiger charge is 2.12. The molecule has 0 fully saturated rings. The Morgan fingerprint density at radius 3 is 2.62 bits per heavy atom. The molecule has 4 N–H and O–H groups in total. The summed E-state index contributed by atoms with van der Waals surface area (Å²) in [5, 5.41) is 18.5. The van der Waals surface area contributed by atoms with Crippen molar-refractivity contribution in [2.24, 2.45) is 4.99 Å². The van der Waals surface area contributed by atoms with Crippen molar-refractivity contribution in [3.05, 3.63) is 59.3 Å². The summed E-state index contributed by atoms with van der Waals surface area (Å²) in [6.07, 6.45) is 2.20. The van der Waals surface area contributed by atoms with Crippen molar-refractivity contribution >= 4 is 40.8 Å². The maximum Gasteiger partial charge on any atom is 0.191 e. The van der Waals surface area contributed by atoms with Crippen molar-refractivity contribution in [2.45, 2.75) is 26.4 Å². The molecule has 1 unspecified atom stereocenters. The number of rotatable bonds is 9. The highest BCUT2D eigenvalue weighted by molar-refractivity contribution is 14.0. The molecule has 1 atom stereocenters. The molecule has 0 aliphatic heterocycles. The van der Waals surface area contributed by atoms with Crippen molar-refractivity contribution in [3.63, 3.8) is 0 Å². The first-order valence-corrected chi connectivity index (χ1v) is 10.5. The van der Waals surface area contributed by atoms with Crippen molar-refractivity contribution in [3.8, 4) is 11.5 Å². The van der Waals surface area contributed by atoms with Crippen LogP contribution < -0.4 is 20.1 Å². The highest BCUT2D eigenvalue weighted by Crippen LogP contribution is 2.30. The average Bonchev–Trinajstić information content (AvgIpc) is 3.21. The summed E-state index contributed by atoms with van der Waals surface area (Å²) in [4.78, 5) is 7.89. The highest BCUT2D eigenvalue weighted by atomic mass is 127. The number of aliphatic hydroxyl groups excluding tert-OH is 1. The van der Waals surface area contributed by atoms with Crippen LogP contribution in [0.2, 0.25) is 0 Å². The molecule has 0 aliphatic carbocycles. The first-order chi connectivity index (χ1) is 15.1. The van der Waals surface area contributed by atoms with Crippen LogP contribution in [0.4, 0.5) is 0 Å². The van der Waals surface area contributed by atoms with E-state index in [-0.39, 0.29) is 30.5 Å². The van der Waals surface area contributed by atoms with Gasteiger partial charge in [0.15, 0.2) is 17.5 Å². The lowest BCUT2D eigenvalue weighted by Gasteiger charge is -2.15. The van der Waals surface area contributed by atoms with Gasteiger partial charge in [-0.2, -0.15) is 0 Å². The molecule has 0 radical (unpaired) electrons. The number of aliphatic hydroxyl groups is 1. The second-order valence-corrected chi connectivity index (χ2v) is 7.34. The Kier molecular flexibility index (Phi) is 10.1. The number of fused-ring (bicyclic) bond motifs is 1. The van der Waals surface area contributed by atoms with E-state index in [0.29, 0.717) is 17.5 Å². The number of aromatic nitrogens is 1. The zero-order valence-electron chi connectivity index (χ0n) is 19.1. The second-order valence-electron chi connectivity index (χ2n) is 7.34. The number of aliphatic imine (C=N–C) groups is 1. The molecule has 0 bridgehead atoms. The lowest BCUT2D eigenvalue weighted by molar-refractivity contribution is 0.186. The third-order valence-corrected chi connectivity index (χ3v) is 5.24. The molecule has 174 valence electrons. The summed E-state index contributed by atoms with van der Waals surface area (Å²) in [5.74, 6) is 1.89. The van der Waals surface area contributed by atoms with Crippen LogP contribution in [0.1, 0.15) is 29.7 Å². The summed E-state index contributed by atoms with van der Waals surface area (Å²) >= 11 is 0. The molecule has 1 heterocycles. The molecule has 7 nitrogen and oxygen atoms in total. The Morgan fingerprint density at radius 2 is 1.91 bits per heavy atom. The summed E-state index contributed by atoms with van der Waals surface area (Å²) < 4.78 is 10.6. The number of benzene rings is 2. The Bertz CT molecular complexity index is 1040. The zero-order chi connectivity index (χ0) is 22.2. The zero-order valence-corrected chi connectivity index (χ0v) is 21.4. The SMILES string of the molecule is CCNC(=NCC(O)c1ccc(OC)c(OC)c1)NCCc1c[nH]c2cccc(C)c12.I. The van der Waals surface area contributed by atoms with Gasteiger partial charge in [-0.25, -0.2) is 0 Å². The molecular formula is C24H33IN4O3. The molecule has 0 saturated heterocycles. The lowest BCUT2D eigenvalue weighted by atomic mass is 10.1. The first kappa shape index (κ1) is 25.8. The number of aryl methyl sites for hydroxylation is 1. The molecule has 0 spiro atoms. The number of guanidine groups is 1. The minimum atomic E-state index is -0.744. The van der Waals surface area contributed by atoms with Gasteiger partial charge in [0.1, 0.15) is 0 Å². The maximum absolute atomic E-state index is 10.6. The van der Waals surface area contributed by atoms with Crippen LogP contribution in [-0.2, 0) is 6.42 Å². The first-order valence-electron chi connectivity index (χ1n) is 10.5. The van der Waals surface area contributed by atoms with Gasteiger partial charge in [-0.3, -0.25) is 4.99 Å². The number of methoxy groups -OCH3 is 2. The minimum Gasteiger partial charge on any atom is -0.493 e. The number of nitrogens with zero attached hydrogens (tertiary/aromatic N) is 1. The van der Waals surface area contributed by atoms with Gasteiger partial charge >= 0.3 is 0 Å². The van der Waals surface area contributed by atoms with Gasteiger partial charge in [-0.15, -0.1) is 24.0 Å². The lowest BCUT2D eigenvalue weighted by Crippen LogP contribution is -2.38. The van der Waals surface area contributed by atoms with Crippen LogP contribution >= 0.6 is 24.0 Å². The van der Waals surface area contributed by atoms with Crippen molar-refractivity contribution in [2.75, 3.05) is 33.9 Å². The van der Waals surface area contributed by atoms with Crippen LogP contribution in [0, 0.1) is 6.92 Å². The van der Waals surface area contributed by atoms with Gasteiger partial charge in [-0.1, -0.05) is 18.2 Å². The van der Waals surface area contributed by atoms with Crippen LogP contribution in [0.3, 0.4) is 0 Å². The van der Waals surface area contributed by atoms with E-state index in [1.54, 1.807) is 26.4 Å². The Labute approximate surface area is 206 Å². The van der Waals surface area contributed by atoms with Crippen LogP contribution in [0.15, 0.2) is 47.6 Å². The molecule has 32 heavy (non-hydrogen) atoms. The van der Waals surface area contributed by atoms with Gasteiger partial charge in [0.25, 0.3) is 0 Å². The fraction of sp³-hybridized carbons (Fsp3) is 0.375. The van der Waals surface area contributed by atoms with Crippen LogP contribution in [-0.4, -0.2) is 49.9 Å². The number of aromatic amines is 1. The molecule has 3 aromatic rings.